The van der Waals surface area contributed by atoms with Crippen LogP contribution in [0.2, 0.25) is 0 Å². The third-order valence-electron chi connectivity index (χ3n) is 3.20. The lowest BCUT2D eigenvalue weighted by Gasteiger charge is -2.29. The van der Waals surface area contributed by atoms with Crippen molar-refractivity contribution in [2.75, 3.05) is 5.75 Å². The van der Waals surface area contributed by atoms with Gasteiger partial charge in [-0.25, -0.2) is 0 Å². The monoisotopic (exact) mass is 354 g/mol. The molecule has 1 unspecified atom stereocenters. The summed E-state index contributed by atoms with van der Waals surface area (Å²) < 4.78 is 1.11. The Labute approximate surface area is 135 Å². The van der Waals surface area contributed by atoms with Gasteiger partial charge in [0.25, 0.3) is 0 Å². The number of hydrogen-bond acceptors (Lipinski definition) is 3. The molecule has 1 aromatic rings. The van der Waals surface area contributed by atoms with E-state index in [1.54, 1.807) is 0 Å². The molecule has 0 bridgehead atoms. The van der Waals surface area contributed by atoms with Crippen molar-refractivity contribution >= 4 is 27.7 Å². The summed E-state index contributed by atoms with van der Waals surface area (Å²) in [6.07, 6.45) is 2.79. The first-order valence-electron chi connectivity index (χ1n) is 7.08. The van der Waals surface area contributed by atoms with E-state index in [1.165, 1.54) is 4.90 Å². The van der Waals surface area contributed by atoms with Gasteiger partial charge in [0.05, 0.1) is 6.07 Å². The summed E-state index contributed by atoms with van der Waals surface area (Å²) in [7, 11) is 0. The number of benzene rings is 1. The fourth-order valence-corrected chi connectivity index (χ4v) is 3.65. The standard InChI is InChI=1S/C16H23BrN2S/c1-4-16(12-18,19-13(2)3)9-6-10-20-15-8-5-7-14(17)11-15/h5,7-8,11,13,19H,4,6,9-10H2,1-3H3. The Morgan fingerprint density at radius 1 is 1.45 bits per heavy atom. The van der Waals surface area contributed by atoms with Crippen molar-refractivity contribution in [3.05, 3.63) is 28.7 Å². The normalized spacial score (nSPS) is 14.0. The summed E-state index contributed by atoms with van der Waals surface area (Å²) in [6, 6.07) is 11.2. The smallest absolute Gasteiger partial charge is 0.106 e. The molecule has 110 valence electrons. The topological polar surface area (TPSA) is 35.8 Å². The maximum atomic E-state index is 9.45. The zero-order valence-electron chi connectivity index (χ0n) is 12.4. The van der Waals surface area contributed by atoms with Gasteiger partial charge in [0, 0.05) is 15.4 Å². The molecular weight excluding hydrogens is 332 g/mol. The van der Waals surface area contributed by atoms with Crippen molar-refractivity contribution < 1.29 is 0 Å². The van der Waals surface area contributed by atoms with Crippen LogP contribution in [-0.2, 0) is 0 Å². The van der Waals surface area contributed by atoms with Gasteiger partial charge in [-0.1, -0.05) is 28.9 Å². The third kappa shape index (κ3) is 5.87. The lowest BCUT2D eigenvalue weighted by molar-refractivity contribution is 0.341. The second-order valence-electron chi connectivity index (χ2n) is 5.26. The fraction of sp³-hybridized carbons (Fsp3) is 0.562. The number of hydrogen-bond donors (Lipinski definition) is 1. The van der Waals surface area contributed by atoms with Crippen LogP contribution < -0.4 is 5.32 Å². The van der Waals surface area contributed by atoms with Gasteiger partial charge in [0.15, 0.2) is 0 Å². The van der Waals surface area contributed by atoms with Gasteiger partial charge < -0.3 is 0 Å². The van der Waals surface area contributed by atoms with Gasteiger partial charge in [0.2, 0.25) is 0 Å². The number of nitrogens with one attached hydrogen (secondary N) is 1. The molecule has 0 radical (unpaired) electrons. The minimum Gasteiger partial charge on any atom is -0.297 e. The zero-order valence-corrected chi connectivity index (χ0v) is 14.9. The van der Waals surface area contributed by atoms with Crippen LogP contribution in [-0.4, -0.2) is 17.3 Å². The van der Waals surface area contributed by atoms with E-state index in [0.29, 0.717) is 6.04 Å². The predicted octanol–water partition coefficient (Wildman–Crippen LogP) is 4.99. The molecule has 0 aliphatic rings. The quantitative estimate of drug-likeness (QED) is 0.527. The minimum atomic E-state index is -0.369. The third-order valence-corrected chi connectivity index (χ3v) is 4.77. The van der Waals surface area contributed by atoms with Crippen LogP contribution in [0.25, 0.3) is 0 Å². The number of nitriles is 1. The number of halogens is 1. The summed E-state index contributed by atoms with van der Waals surface area (Å²) in [5.74, 6) is 1.04. The van der Waals surface area contributed by atoms with Crippen molar-refractivity contribution in [3.63, 3.8) is 0 Å². The Hall–Kier alpha value is -0.500. The minimum absolute atomic E-state index is 0.340. The van der Waals surface area contributed by atoms with E-state index in [-0.39, 0.29) is 5.54 Å². The second-order valence-corrected chi connectivity index (χ2v) is 7.34. The molecule has 0 aliphatic carbocycles. The average molecular weight is 355 g/mol. The highest BCUT2D eigenvalue weighted by Crippen LogP contribution is 2.25. The summed E-state index contributed by atoms with van der Waals surface area (Å²) in [5, 5.41) is 12.9. The number of thioether (sulfide) groups is 1. The average Bonchev–Trinajstić information content (AvgIpc) is 2.42. The highest BCUT2D eigenvalue weighted by molar-refractivity contribution is 9.10. The SMILES string of the molecule is CCC(C#N)(CCCSc1cccc(Br)c1)NC(C)C. The number of rotatable bonds is 8. The largest absolute Gasteiger partial charge is 0.297 e. The lowest BCUT2D eigenvalue weighted by Crippen LogP contribution is -2.47. The Balaban J connectivity index is 2.43. The Bertz CT molecular complexity index is 456. The van der Waals surface area contributed by atoms with Gasteiger partial charge in [-0.15, -0.1) is 11.8 Å². The Morgan fingerprint density at radius 2 is 2.20 bits per heavy atom. The van der Waals surface area contributed by atoms with Gasteiger partial charge in [-0.3, -0.25) is 5.32 Å². The van der Waals surface area contributed by atoms with E-state index in [9.17, 15) is 5.26 Å². The first kappa shape index (κ1) is 17.6. The molecule has 0 heterocycles. The second kappa shape index (κ2) is 8.71. The van der Waals surface area contributed by atoms with Crippen LogP contribution >= 0.6 is 27.7 Å². The summed E-state index contributed by atoms with van der Waals surface area (Å²) >= 11 is 5.33. The predicted molar refractivity (Wildman–Crippen MR) is 91.0 cm³/mol. The molecule has 2 nitrogen and oxygen atoms in total. The summed E-state index contributed by atoms with van der Waals surface area (Å²) in [4.78, 5) is 1.27. The molecule has 0 aliphatic heterocycles. The highest BCUT2D eigenvalue weighted by atomic mass is 79.9. The molecule has 1 N–H and O–H groups in total. The van der Waals surface area contributed by atoms with Crippen molar-refractivity contribution in [2.45, 2.75) is 56.5 Å². The molecule has 0 saturated carbocycles. The molecule has 0 amide bonds. The maximum absolute atomic E-state index is 9.45. The Morgan fingerprint density at radius 3 is 2.75 bits per heavy atom. The van der Waals surface area contributed by atoms with Crippen molar-refractivity contribution in [2.24, 2.45) is 0 Å². The molecule has 0 aromatic heterocycles. The molecule has 1 rings (SSSR count). The Kier molecular flexibility index (Phi) is 7.65. The molecule has 0 saturated heterocycles. The zero-order chi connectivity index (χ0) is 15.0. The maximum Gasteiger partial charge on any atom is 0.106 e. The van der Waals surface area contributed by atoms with E-state index in [0.717, 1.165) is 29.5 Å². The van der Waals surface area contributed by atoms with E-state index in [2.05, 4.69) is 66.3 Å². The van der Waals surface area contributed by atoms with E-state index in [4.69, 9.17) is 0 Å². The van der Waals surface area contributed by atoms with Crippen LogP contribution in [0.15, 0.2) is 33.6 Å². The van der Waals surface area contributed by atoms with Gasteiger partial charge in [-0.05, 0) is 57.1 Å². The van der Waals surface area contributed by atoms with Crippen LogP contribution in [0.1, 0.15) is 40.0 Å². The van der Waals surface area contributed by atoms with Crippen molar-refractivity contribution in [3.8, 4) is 6.07 Å². The van der Waals surface area contributed by atoms with Gasteiger partial charge in [-0.2, -0.15) is 5.26 Å². The van der Waals surface area contributed by atoms with E-state index < -0.39 is 0 Å². The summed E-state index contributed by atoms with van der Waals surface area (Å²) in [5.41, 5.74) is -0.369. The van der Waals surface area contributed by atoms with Crippen molar-refractivity contribution in [1.82, 2.24) is 5.32 Å². The molecular formula is C16H23BrN2S. The molecule has 1 atom stereocenters. The van der Waals surface area contributed by atoms with Crippen LogP contribution in [0.3, 0.4) is 0 Å². The van der Waals surface area contributed by atoms with E-state index in [1.807, 2.05) is 17.8 Å². The first-order valence-corrected chi connectivity index (χ1v) is 8.86. The van der Waals surface area contributed by atoms with Crippen LogP contribution in [0.5, 0.6) is 0 Å². The molecule has 1 aromatic carbocycles. The molecule has 0 spiro atoms. The lowest BCUT2D eigenvalue weighted by atomic mass is 9.91. The molecule has 0 fully saturated rings. The fourth-order valence-electron chi connectivity index (χ4n) is 2.19. The molecule has 4 heteroatoms. The number of nitrogens with zero attached hydrogens (tertiary/aromatic N) is 1. The van der Waals surface area contributed by atoms with Crippen LogP contribution in [0.4, 0.5) is 0 Å². The van der Waals surface area contributed by atoms with Gasteiger partial charge >= 0.3 is 0 Å². The molecule has 20 heavy (non-hydrogen) atoms. The van der Waals surface area contributed by atoms with Gasteiger partial charge in [0.1, 0.15) is 5.54 Å². The van der Waals surface area contributed by atoms with E-state index >= 15 is 0 Å². The first-order chi connectivity index (χ1) is 9.51. The van der Waals surface area contributed by atoms with Crippen molar-refractivity contribution in [1.29, 1.82) is 5.26 Å². The summed E-state index contributed by atoms with van der Waals surface area (Å²) in [6.45, 7) is 6.27. The van der Waals surface area contributed by atoms with Crippen LogP contribution in [0, 0.1) is 11.3 Å². The highest BCUT2D eigenvalue weighted by Gasteiger charge is 2.27.